The highest BCUT2D eigenvalue weighted by atomic mass is 16.5. The molecule has 0 amide bonds. The van der Waals surface area contributed by atoms with Crippen LogP contribution in [0.5, 0.6) is 0 Å². The predicted octanol–water partition coefficient (Wildman–Crippen LogP) is 1.79. The van der Waals surface area contributed by atoms with Crippen LogP contribution in [0.4, 0.5) is 0 Å². The number of benzene rings is 1. The van der Waals surface area contributed by atoms with E-state index in [4.69, 9.17) is 4.74 Å². The first-order valence-corrected chi connectivity index (χ1v) is 7.27. The summed E-state index contributed by atoms with van der Waals surface area (Å²) in [5.74, 6) is -0.712. The minimum absolute atomic E-state index is 0.322. The van der Waals surface area contributed by atoms with Gasteiger partial charge in [-0.15, -0.1) is 0 Å². The maximum atomic E-state index is 11.5. The van der Waals surface area contributed by atoms with Gasteiger partial charge in [-0.2, -0.15) is 0 Å². The average molecular weight is 275 g/mol. The Kier molecular flexibility index (Phi) is 3.76. The highest BCUT2D eigenvalue weighted by Crippen LogP contribution is 2.41. The van der Waals surface area contributed by atoms with E-state index in [-0.39, 0.29) is 0 Å². The second-order valence-electron chi connectivity index (χ2n) is 6.06. The smallest absolute Gasteiger partial charge is 0.321 e. The van der Waals surface area contributed by atoms with Crippen LogP contribution in [0.15, 0.2) is 30.3 Å². The third-order valence-corrected chi connectivity index (χ3v) is 4.63. The molecule has 2 aliphatic heterocycles. The summed E-state index contributed by atoms with van der Waals surface area (Å²) in [6, 6.07) is 9.49. The molecule has 3 rings (SSSR count). The third-order valence-electron chi connectivity index (χ3n) is 4.63. The van der Waals surface area contributed by atoms with Crippen molar-refractivity contribution >= 4 is 5.97 Å². The molecule has 2 saturated heterocycles. The van der Waals surface area contributed by atoms with Gasteiger partial charge in [0.05, 0.1) is 0 Å². The van der Waals surface area contributed by atoms with Crippen molar-refractivity contribution in [2.24, 2.45) is 5.41 Å². The van der Waals surface area contributed by atoms with Crippen molar-refractivity contribution in [2.45, 2.75) is 25.3 Å². The molecule has 1 N–H and O–H groups in total. The van der Waals surface area contributed by atoms with E-state index >= 15 is 0 Å². The van der Waals surface area contributed by atoms with E-state index in [1.165, 1.54) is 0 Å². The zero-order chi connectivity index (χ0) is 14.0. The zero-order valence-electron chi connectivity index (χ0n) is 11.6. The van der Waals surface area contributed by atoms with E-state index in [2.05, 4.69) is 4.90 Å². The fourth-order valence-corrected chi connectivity index (χ4v) is 3.37. The van der Waals surface area contributed by atoms with Crippen molar-refractivity contribution in [3.8, 4) is 0 Å². The number of hydrogen-bond donors (Lipinski definition) is 1. The van der Waals surface area contributed by atoms with Crippen LogP contribution in [-0.2, 0) is 16.0 Å². The molecule has 4 nitrogen and oxygen atoms in total. The number of carboxylic acid groups (broad SMARTS) is 1. The summed E-state index contributed by atoms with van der Waals surface area (Å²) in [7, 11) is 0. The number of likely N-dealkylation sites (tertiary alicyclic amines) is 1. The Balaban J connectivity index is 1.63. The van der Waals surface area contributed by atoms with Crippen LogP contribution in [0, 0.1) is 5.41 Å². The normalized spacial score (nSPS) is 23.2. The number of aliphatic carboxylic acids is 1. The number of carbonyl (C=O) groups is 1. The minimum atomic E-state index is -0.712. The first-order chi connectivity index (χ1) is 9.69. The Morgan fingerprint density at radius 2 is 1.90 bits per heavy atom. The van der Waals surface area contributed by atoms with Gasteiger partial charge in [0.2, 0.25) is 0 Å². The van der Waals surface area contributed by atoms with E-state index < -0.39 is 12.0 Å². The molecule has 2 aliphatic rings. The van der Waals surface area contributed by atoms with Gasteiger partial charge < -0.3 is 9.84 Å². The van der Waals surface area contributed by atoms with E-state index in [1.807, 2.05) is 30.3 Å². The molecular weight excluding hydrogens is 254 g/mol. The first kappa shape index (κ1) is 13.6. The van der Waals surface area contributed by atoms with Crippen molar-refractivity contribution in [1.82, 2.24) is 4.90 Å². The number of hydrogen-bond acceptors (Lipinski definition) is 3. The van der Waals surface area contributed by atoms with Crippen LogP contribution in [0.2, 0.25) is 0 Å². The largest absolute Gasteiger partial charge is 0.480 e. The molecule has 1 aromatic rings. The van der Waals surface area contributed by atoms with Gasteiger partial charge in [-0.05, 0) is 24.8 Å². The Bertz CT molecular complexity index is 460. The molecule has 1 spiro atoms. The fraction of sp³-hybridized carbons (Fsp3) is 0.562. The molecule has 0 aromatic heterocycles. The molecule has 108 valence electrons. The summed E-state index contributed by atoms with van der Waals surface area (Å²) in [5, 5.41) is 9.49. The van der Waals surface area contributed by atoms with Crippen molar-refractivity contribution < 1.29 is 14.6 Å². The van der Waals surface area contributed by atoms with Gasteiger partial charge >= 0.3 is 5.97 Å². The molecular formula is C16H21NO3. The maximum absolute atomic E-state index is 11.5. The number of ether oxygens (including phenoxy) is 1. The van der Waals surface area contributed by atoms with E-state index in [1.54, 1.807) is 0 Å². The van der Waals surface area contributed by atoms with Crippen molar-refractivity contribution in [3.63, 3.8) is 0 Å². The van der Waals surface area contributed by atoms with Crippen LogP contribution in [0.3, 0.4) is 0 Å². The van der Waals surface area contributed by atoms with Crippen LogP contribution in [0.25, 0.3) is 0 Å². The lowest BCUT2D eigenvalue weighted by molar-refractivity contribution is -0.154. The van der Waals surface area contributed by atoms with Gasteiger partial charge in [0, 0.05) is 31.7 Å². The molecule has 4 heteroatoms. The standard InChI is InChI=1S/C16H21NO3/c18-15(19)14(10-13-4-2-1-3-5-13)17-11-16(12-17)6-8-20-9-7-16/h1-5,14H,6-12H2,(H,18,19). The predicted molar refractivity (Wildman–Crippen MR) is 75.6 cm³/mol. The topological polar surface area (TPSA) is 49.8 Å². The summed E-state index contributed by atoms with van der Waals surface area (Å²) in [5.41, 5.74) is 1.41. The molecule has 0 saturated carbocycles. The fourth-order valence-electron chi connectivity index (χ4n) is 3.37. The molecule has 1 aromatic carbocycles. The molecule has 20 heavy (non-hydrogen) atoms. The quantitative estimate of drug-likeness (QED) is 0.910. The molecule has 2 fully saturated rings. The maximum Gasteiger partial charge on any atom is 0.321 e. The van der Waals surface area contributed by atoms with Crippen LogP contribution >= 0.6 is 0 Å². The molecule has 1 unspecified atom stereocenters. The molecule has 0 radical (unpaired) electrons. The summed E-state index contributed by atoms with van der Waals surface area (Å²) >= 11 is 0. The Morgan fingerprint density at radius 3 is 2.50 bits per heavy atom. The minimum Gasteiger partial charge on any atom is -0.480 e. The molecule has 2 heterocycles. The molecule has 0 aliphatic carbocycles. The van der Waals surface area contributed by atoms with Gasteiger partial charge in [0.15, 0.2) is 0 Å². The van der Waals surface area contributed by atoms with Gasteiger partial charge in [-0.1, -0.05) is 30.3 Å². The Morgan fingerprint density at radius 1 is 1.25 bits per heavy atom. The summed E-state index contributed by atoms with van der Waals surface area (Å²) in [4.78, 5) is 13.7. The van der Waals surface area contributed by atoms with E-state index in [9.17, 15) is 9.90 Å². The molecule has 1 atom stereocenters. The third kappa shape index (κ3) is 2.72. The van der Waals surface area contributed by atoms with Gasteiger partial charge in [0.25, 0.3) is 0 Å². The Hall–Kier alpha value is -1.39. The Labute approximate surface area is 119 Å². The monoisotopic (exact) mass is 275 g/mol. The van der Waals surface area contributed by atoms with Gasteiger partial charge in [-0.3, -0.25) is 9.69 Å². The summed E-state index contributed by atoms with van der Waals surface area (Å²) in [6.07, 6.45) is 2.73. The van der Waals surface area contributed by atoms with Crippen molar-refractivity contribution in [1.29, 1.82) is 0 Å². The summed E-state index contributed by atoms with van der Waals surface area (Å²) < 4.78 is 5.40. The summed E-state index contributed by atoms with van der Waals surface area (Å²) in [6.45, 7) is 3.45. The average Bonchev–Trinajstić information content (AvgIpc) is 2.44. The lowest BCUT2D eigenvalue weighted by Crippen LogP contribution is -2.63. The number of carboxylic acids is 1. The molecule has 0 bridgehead atoms. The van der Waals surface area contributed by atoms with E-state index in [0.717, 1.165) is 44.7 Å². The number of nitrogens with zero attached hydrogens (tertiary/aromatic N) is 1. The van der Waals surface area contributed by atoms with Crippen molar-refractivity contribution in [3.05, 3.63) is 35.9 Å². The highest BCUT2D eigenvalue weighted by Gasteiger charge is 2.47. The van der Waals surface area contributed by atoms with Crippen molar-refractivity contribution in [2.75, 3.05) is 26.3 Å². The van der Waals surface area contributed by atoms with Gasteiger partial charge in [-0.25, -0.2) is 0 Å². The lowest BCUT2D eigenvalue weighted by Gasteiger charge is -2.54. The second kappa shape index (κ2) is 5.54. The zero-order valence-corrected chi connectivity index (χ0v) is 11.6. The van der Waals surface area contributed by atoms with E-state index in [0.29, 0.717) is 11.8 Å². The number of rotatable bonds is 4. The SMILES string of the molecule is O=C(O)C(Cc1ccccc1)N1CC2(CCOCC2)C1. The lowest BCUT2D eigenvalue weighted by atomic mass is 9.72. The highest BCUT2D eigenvalue weighted by molar-refractivity contribution is 5.74. The van der Waals surface area contributed by atoms with Crippen LogP contribution in [0.1, 0.15) is 18.4 Å². The van der Waals surface area contributed by atoms with Gasteiger partial charge in [0.1, 0.15) is 6.04 Å². The first-order valence-electron chi connectivity index (χ1n) is 7.27. The van der Waals surface area contributed by atoms with Crippen LogP contribution in [-0.4, -0.2) is 48.3 Å². The second-order valence-corrected chi connectivity index (χ2v) is 6.06. The van der Waals surface area contributed by atoms with Crippen LogP contribution < -0.4 is 0 Å².